The summed E-state index contributed by atoms with van der Waals surface area (Å²) >= 11 is 0. The first-order valence-electron chi connectivity index (χ1n) is 9.22. The Labute approximate surface area is 145 Å². The summed E-state index contributed by atoms with van der Waals surface area (Å²) in [5, 5.41) is 0. The fourth-order valence-corrected chi connectivity index (χ4v) is 4.38. The summed E-state index contributed by atoms with van der Waals surface area (Å²) in [6.07, 6.45) is 3.51. The molecule has 1 aromatic rings. The Kier molecular flexibility index (Phi) is 5.44. The van der Waals surface area contributed by atoms with Crippen molar-refractivity contribution in [2.75, 3.05) is 33.3 Å². The first-order chi connectivity index (χ1) is 11.6. The molecule has 0 spiro atoms. The topological polar surface area (TPSA) is 32.8 Å². The van der Waals surface area contributed by atoms with Gasteiger partial charge in [0.15, 0.2) is 0 Å². The molecule has 1 aromatic carbocycles. The number of hydrogen-bond donors (Lipinski definition) is 0. The van der Waals surface area contributed by atoms with E-state index in [9.17, 15) is 4.79 Å². The molecule has 2 aliphatic heterocycles. The van der Waals surface area contributed by atoms with E-state index in [1.807, 2.05) is 12.1 Å². The van der Waals surface area contributed by atoms with Crippen LogP contribution in [0, 0.1) is 11.8 Å². The van der Waals surface area contributed by atoms with Crippen molar-refractivity contribution >= 4 is 5.91 Å². The van der Waals surface area contributed by atoms with Gasteiger partial charge < -0.3 is 9.64 Å². The molecule has 0 aromatic heterocycles. The summed E-state index contributed by atoms with van der Waals surface area (Å²) in [5.41, 5.74) is 1.26. The third-order valence-corrected chi connectivity index (χ3v) is 5.40. The molecule has 3 atom stereocenters. The summed E-state index contributed by atoms with van der Waals surface area (Å²) in [4.78, 5) is 17.2. The Balaban J connectivity index is 1.66. The molecule has 0 saturated carbocycles. The second kappa shape index (κ2) is 7.56. The van der Waals surface area contributed by atoms with E-state index in [-0.39, 0.29) is 0 Å². The number of methoxy groups -OCH3 is 1. The molecule has 0 N–H and O–H groups in total. The molecule has 2 saturated heterocycles. The Morgan fingerprint density at radius 3 is 2.71 bits per heavy atom. The van der Waals surface area contributed by atoms with Crippen molar-refractivity contribution in [1.82, 2.24) is 9.80 Å². The van der Waals surface area contributed by atoms with Crippen LogP contribution in [0.4, 0.5) is 0 Å². The highest BCUT2D eigenvalue weighted by Gasteiger charge is 2.31. The maximum Gasteiger partial charge on any atom is 0.236 e. The van der Waals surface area contributed by atoms with Gasteiger partial charge in [-0.25, -0.2) is 0 Å². The van der Waals surface area contributed by atoms with Gasteiger partial charge in [-0.15, -0.1) is 0 Å². The van der Waals surface area contributed by atoms with Gasteiger partial charge in [0, 0.05) is 19.1 Å². The van der Waals surface area contributed by atoms with Gasteiger partial charge in [-0.3, -0.25) is 9.69 Å². The number of ether oxygens (including phenoxy) is 1. The zero-order chi connectivity index (χ0) is 17.1. The second-order valence-electron chi connectivity index (χ2n) is 7.65. The molecule has 0 aliphatic carbocycles. The van der Waals surface area contributed by atoms with Crippen LogP contribution in [0.5, 0.6) is 5.75 Å². The lowest BCUT2D eigenvalue weighted by Crippen LogP contribution is -2.46. The largest absolute Gasteiger partial charge is 0.497 e. The maximum absolute atomic E-state index is 12.8. The van der Waals surface area contributed by atoms with E-state index < -0.39 is 0 Å². The molecule has 3 unspecified atom stereocenters. The van der Waals surface area contributed by atoms with Crippen LogP contribution in [0.2, 0.25) is 0 Å². The van der Waals surface area contributed by atoms with Gasteiger partial charge in [-0.1, -0.05) is 26.0 Å². The minimum Gasteiger partial charge on any atom is -0.497 e. The zero-order valence-corrected chi connectivity index (χ0v) is 15.2. The van der Waals surface area contributed by atoms with Crippen LogP contribution in [0.3, 0.4) is 0 Å². The predicted molar refractivity (Wildman–Crippen MR) is 96.1 cm³/mol. The van der Waals surface area contributed by atoms with Gasteiger partial charge in [0.1, 0.15) is 5.75 Å². The van der Waals surface area contributed by atoms with Gasteiger partial charge in [0.05, 0.1) is 13.7 Å². The van der Waals surface area contributed by atoms with Crippen molar-refractivity contribution in [2.45, 2.75) is 39.2 Å². The highest BCUT2D eigenvalue weighted by molar-refractivity contribution is 5.78. The van der Waals surface area contributed by atoms with Crippen LogP contribution in [0.15, 0.2) is 24.3 Å². The molecule has 4 nitrogen and oxygen atoms in total. The van der Waals surface area contributed by atoms with E-state index in [0.29, 0.717) is 30.3 Å². The monoisotopic (exact) mass is 330 g/mol. The Morgan fingerprint density at radius 2 is 2.00 bits per heavy atom. The Bertz CT molecular complexity index is 565. The van der Waals surface area contributed by atoms with Crippen molar-refractivity contribution in [3.05, 3.63) is 29.8 Å². The van der Waals surface area contributed by atoms with Crippen molar-refractivity contribution in [3.63, 3.8) is 0 Å². The maximum atomic E-state index is 12.8. The van der Waals surface area contributed by atoms with E-state index in [1.165, 1.54) is 12.0 Å². The van der Waals surface area contributed by atoms with Gasteiger partial charge in [0.25, 0.3) is 0 Å². The zero-order valence-electron chi connectivity index (χ0n) is 15.2. The quantitative estimate of drug-likeness (QED) is 0.849. The second-order valence-corrected chi connectivity index (χ2v) is 7.65. The minimum atomic E-state index is 0.295. The molecule has 4 heteroatoms. The van der Waals surface area contributed by atoms with Crippen molar-refractivity contribution < 1.29 is 9.53 Å². The van der Waals surface area contributed by atoms with Crippen LogP contribution < -0.4 is 4.74 Å². The van der Waals surface area contributed by atoms with E-state index >= 15 is 0 Å². The fourth-order valence-electron chi connectivity index (χ4n) is 4.38. The summed E-state index contributed by atoms with van der Waals surface area (Å²) in [6, 6.07) is 8.62. The number of hydrogen-bond acceptors (Lipinski definition) is 3. The van der Waals surface area contributed by atoms with Crippen LogP contribution in [-0.2, 0) is 4.79 Å². The Morgan fingerprint density at radius 1 is 1.25 bits per heavy atom. The first-order valence-corrected chi connectivity index (χ1v) is 9.22. The van der Waals surface area contributed by atoms with Crippen LogP contribution in [-0.4, -0.2) is 49.0 Å². The SMILES string of the molecule is COc1cccc(C2CCCN2CC(=O)N2CC(C)CC(C)C2)c1. The number of carbonyl (C=O) groups is 1. The molecule has 132 valence electrons. The number of amides is 1. The molecular weight excluding hydrogens is 300 g/mol. The third kappa shape index (κ3) is 3.92. The van der Waals surface area contributed by atoms with Gasteiger partial charge in [-0.2, -0.15) is 0 Å². The number of piperidine rings is 1. The molecular formula is C20H30N2O2. The average molecular weight is 330 g/mol. The molecule has 3 rings (SSSR count). The summed E-state index contributed by atoms with van der Waals surface area (Å²) in [7, 11) is 1.70. The first kappa shape index (κ1) is 17.3. The predicted octanol–water partition coefficient (Wildman–Crippen LogP) is 3.34. The molecule has 0 bridgehead atoms. The highest BCUT2D eigenvalue weighted by Crippen LogP contribution is 2.33. The van der Waals surface area contributed by atoms with Crippen LogP contribution in [0.25, 0.3) is 0 Å². The van der Waals surface area contributed by atoms with Gasteiger partial charge >= 0.3 is 0 Å². The van der Waals surface area contributed by atoms with E-state index in [2.05, 4.69) is 35.8 Å². The lowest BCUT2D eigenvalue weighted by Gasteiger charge is -2.36. The van der Waals surface area contributed by atoms with Crippen molar-refractivity contribution in [1.29, 1.82) is 0 Å². The normalized spacial score (nSPS) is 28.1. The molecule has 1 amide bonds. The summed E-state index contributed by atoms with van der Waals surface area (Å²) in [6.45, 7) is 7.89. The standard InChI is InChI=1S/C20H30N2O2/c1-15-10-16(2)13-22(12-15)20(23)14-21-9-5-8-19(21)17-6-4-7-18(11-17)24-3/h4,6-7,11,15-16,19H,5,8-10,12-14H2,1-3H3. The lowest BCUT2D eigenvalue weighted by atomic mass is 9.92. The van der Waals surface area contributed by atoms with E-state index in [4.69, 9.17) is 4.74 Å². The molecule has 0 radical (unpaired) electrons. The van der Waals surface area contributed by atoms with Crippen LogP contribution >= 0.6 is 0 Å². The molecule has 24 heavy (non-hydrogen) atoms. The molecule has 2 heterocycles. The van der Waals surface area contributed by atoms with Gasteiger partial charge in [-0.05, 0) is 55.3 Å². The highest BCUT2D eigenvalue weighted by atomic mass is 16.5. The Hall–Kier alpha value is -1.55. The number of likely N-dealkylation sites (tertiary alicyclic amines) is 2. The third-order valence-electron chi connectivity index (χ3n) is 5.40. The lowest BCUT2D eigenvalue weighted by molar-refractivity contribution is -0.135. The number of benzene rings is 1. The minimum absolute atomic E-state index is 0.295. The average Bonchev–Trinajstić information content (AvgIpc) is 3.02. The molecule has 2 fully saturated rings. The van der Waals surface area contributed by atoms with Crippen molar-refractivity contribution in [3.8, 4) is 5.75 Å². The summed E-state index contributed by atoms with van der Waals surface area (Å²) in [5.74, 6) is 2.42. The smallest absolute Gasteiger partial charge is 0.236 e. The van der Waals surface area contributed by atoms with Crippen LogP contribution in [0.1, 0.15) is 44.7 Å². The van der Waals surface area contributed by atoms with Crippen molar-refractivity contribution in [2.24, 2.45) is 11.8 Å². The number of nitrogens with zero attached hydrogens (tertiary/aromatic N) is 2. The van der Waals surface area contributed by atoms with Gasteiger partial charge in [0.2, 0.25) is 5.91 Å². The van der Waals surface area contributed by atoms with E-state index in [1.54, 1.807) is 7.11 Å². The fraction of sp³-hybridized carbons (Fsp3) is 0.650. The number of carbonyl (C=O) groups excluding carboxylic acids is 1. The number of rotatable bonds is 4. The molecule has 2 aliphatic rings. The van der Waals surface area contributed by atoms with E-state index in [0.717, 1.165) is 38.2 Å². The summed E-state index contributed by atoms with van der Waals surface area (Å²) < 4.78 is 5.36.